The number of sulfonamides is 1. The Bertz CT molecular complexity index is 1140. The van der Waals surface area contributed by atoms with Crippen molar-refractivity contribution >= 4 is 21.6 Å². The summed E-state index contributed by atoms with van der Waals surface area (Å²) < 4.78 is 38.1. The average molecular weight is 445 g/mol. The first kappa shape index (κ1) is 21.5. The zero-order valence-electron chi connectivity index (χ0n) is 18.4. The van der Waals surface area contributed by atoms with E-state index < -0.39 is 21.7 Å². The summed E-state index contributed by atoms with van der Waals surface area (Å²) in [4.78, 5) is 13.2. The van der Waals surface area contributed by atoms with Gasteiger partial charge in [0.2, 0.25) is 10.0 Å². The number of hydrogen-bond acceptors (Lipinski definition) is 5. The van der Waals surface area contributed by atoms with Crippen LogP contribution >= 0.6 is 0 Å². The molecule has 2 aliphatic heterocycles. The Morgan fingerprint density at radius 1 is 1.10 bits per heavy atom. The molecule has 1 N–H and O–H groups in total. The zero-order valence-corrected chi connectivity index (χ0v) is 19.2. The fourth-order valence-corrected chi connectivity index (χ4v) is 5.09. The van der Waals surface area contributed by atoms with Gasteiger partial charge in [0.25, 0.3) is 5.91 Å². The number of ether oxygens (including phenoxy) is 2. The van der Waals surface area contributed by atoms with Gasteiger partial charge in [-0.3, -0.25) is 9.10 Å². The number of nitrogens with one attached hydrogen (secondary N) is 1. The van der Waals surface area contributed by atoms with Gasteiger partial charge in [0.15, 0.2) is 6.10 Å². The number of amides is 1. The highest BCUT2D eigenvalue weighted by atomic mass is 32.2. The molecule has 0 aliphatic carbocycles. The third-order valence-electron chi connectivity index (χ3n) is 5.62. The minimum absolute atomic E-state index is 0.0750. The average Bonchev–Trinajstić information content (AvgIpc) is 2.66. The Kier molecular flexibility index (Phi) is 5.16. The second-order valence-corrected chi connectivity index (χ2v) is 10.9. The van der Waals surface area contributed by atoms with E-state index in [0.29, 0.717) is 17.9 Å². The van der Waals surface area contributed by atoms with Crippen LogP contribution in [0.15, 0.2) is 36.4 Å². The van der Waals surface area contributed by atoms with Gasteiger partial charge in [-0.05, 0) is 51.5 Å². The summed E-state index contributed by atoms with van der Waals surface area (Å²) in [5.41, 5.74) is 2.91. The lowest BCUT2D eigenvalue weighted by atomic mass is 9.89. The van der Waals surface area contributed by atoms with Gasteiger partial charge in [-0.25, -0.2) is 8.42 Å². The van der Waals surface area contributed by atoms with Crippen LogP contribution in [-0.2, 0) is 14.8 Å². The molecule has 31 heavy (non-hydrogen) atoms. The van der Waals surface area contributed by atoms with E-state index >= 15 is 0 Å². The van der Waals surface area contributed by atoms with Gasteiger partial charge in [-0.2, -0.15) is 0 Å². The van der Waals surface area contributed by atoms with E-state index in [1.54, 1.807) is 12.1 Å². The second-order valence-electron chi connectivity index (χ2n) is 9.04. The van der Waals surface area contributed by atoms with Crippen molar-refractivity contribution in [1.29, 1.82) is 0 Å². The molecule has 0 saturated heterocycles. The van der Waals surface area contributed by atoms with Gasteiger partial charge >= 0.3 is 0 Å². The van der Waals surface area contributed by atoms with Crippen LogP contribution in [0.2, 0.25) is 0 Å². The van der Waals surface area contributed by atoms with Crippen LogP contribution in [0.25, 0.3) is 0 Å². The van der Waals surface area contributed by atoms with E-state index in [0.717, 1.165) is 28.7 Å². The zero-order chi connectivity index (χ0) is 22.6. The Balaban J connectivity index is 1.62. The van der Waals surface area contributed by atoms with Gasteiger partial charge in [-0.1, -0.05) is 23.8 Å². The van der Waals surface area contributed by atoms with Crippen molar-refractivity contribution < 1.29 is 22.7 Å². The van der Waals surface area contributed by atoms with Crippen LogP contribution in [0.3, 0.4) is 0 Å². The quantitative estimate of drug-likeness (QED) is 0.786. The highest BCUT2D eigenvalue weighted by Gasteiger charge is 2.39. The first-order chi connectivity index (χ1) is 14.4. The molecule has 8 heteroatoms. The molecule has 0 aromatic heterocycles. The van der Waals surface area contributed by atoms with Gasteiger partial charge in [0.1, 0.15) is 17.1 Å². The first-order valence-electron chi connectivity index (χ1n) is 10.3. The number of rotatable bonds is 3. The Hall–Kier alpha value is -2.74. The molecule has 2 heterocycles. The number of hydrogen-bond donors (Lipinski definition) is 1. The van der Waals surface area contributed by atoms with E-state index in [-0.39, 0.29) is 18.5 Å². The minimum Gasteiger partial charge on any atom is -0.487 e. The summed E-state index contributed by atoms with van der Waals surface area (Å²) in [5, 5.41) is 3.08. The molecule has 7 nitrogen and oxygen atoms in total. The summed E-state index contributed by atoms with van der Waals surface area (Å²) in [7, 11) is -3.58. The molecule has 4 rings (SSSR count). The molecule has 2 aliphatic rings. The molecule has 2 aromatic carbocycles. The number of anilines is 1. The number of fused-ring (bicyclic) bond motifs is 2. The molecule has 0 bridgehead atoms. The van der Waals surface area contributed by atoms with Gasteiger partial charge in [0.05, 0.1) is 24.5 Å². The monoisotopic (exact) mass is 444 g/mol. The van der Waals surface area contributed by atoms with Gasteiger partial charge in [0, 0.05) is 12.0 Å². The van der Waals surface area contributed by atoms with Crippen molar-refractivity contribution in [2.24, 2.45) is 0 Å². The molecule has 2 atom stereocenters. The summed E-state index contributed by atoms with van der Waals surface area (Å²) in [5.74, 6) is 0.774. The van der Waals surface area contributed by atoms with Crippen LogP contribution in [0.5, 0.6) is 11.5 Å². The third-order valence-corrected chi connectivity index (χ3v) is 6.76. The Labute approximate surface area is 183 Å². The molecule has 0 unspecified atom stereocenters. The fraction of sp³-hybridized carbons (Fsp3) is 0.435. The largest absolute Gasteiger partial charge is 0.487 e. The van der Waals surface area contributed by atoms with Crippen LogP contribution in [0, 0.1) is 13.8 Å². The van der Waals surface area contributed by atoms with Crippen LogP contribution < -0.4 is 19.1 Å². The van der Waals surface area contributed by atoms with Crippen molar-refractivity contribution in [3.05, 3.63) is 53.1 Å². The maximum Gasteiger partial charge on any atom is 0.263 e. The summed E-state index contributed by atoms with van der Waals surface area (Å²) in [6.07, 6.45) is 0.775. The molecule has 0 radical (unpaired) electrons. The molecule has 0 saturated carbocycles. The predicted molar refractivity (Wildman–Crippen MR) is 119 cm³/mol. The molecule has 0 spiro atoms. The van der Waals surface area contributed by atoms with E-state index in [4.69, 9.17) is 9.47 Å². The second kappa shape index (κ2) is 7.44. The van der Waals surface area contributed by atoms with E-state index in [1.807, 2.05) is 52.0 Å². The van der Waals surface area contributed by atoms with Crippen molar-refractivity contribution in [3.63, 3.8) is 0 Å². The topological polar surface area (TPSA) is 84.9 Å². The number of carbonyl (C=O) groups is 1. The number of nitrogens with zero attached hydrogens (tertiary/aromatic N) is 1. The molecule has 166 valence electrons. The lowest BCUT2D eigenvalue weighted by molar-refractivity contribution is -0.129. The van der Waals surface area contributed by atoms with Crippen molar-refractivity contribution in [2.45, 2.75) is 51.9 Å². The standard InChI is InChI=1S/C23H28N2O5S/c1-14-6-8-19-16(10-14)17(12-23(3,4)30-19)24-22(26)21-13-25(31(5,27)28)18-11-15(2)7-9-20(18)29-21/h6-11,17,21H,12-13H2,1-5H3,(H,24,26)/t17-,21+/m1/s1. The van der Waals surface area contributed by atoms with E-state index in [2.05, 4.69) is 5.32 Å². The summed E-state index contributed by atoms with van der Waals surface area (Å²) in [6.45, 7) is 7.76. The van der Waals surface area contributed by atoms with Crippen LogP contribution in [0.1, 0.15) is 43.0 Å². The maximum atomic E-state index is 13.2. The van der Waals surface area contributed by atoms with Crippen LogP contribution in [0.4, 0.5) is 5.69 Å². The number of aryl methyl sites for hydroxylation is 2. The first-order valence-corrected chi connectivity index (χ1v) is 12.1. The maximum absolute atomic E-state index is 13.2. The van der Waals surface area contributed by atoms with Crippen molar-refractivity contribution in [3.8, 4) is 11.5 Å². The lowest BCUT2D eigenvalue weighted by Gasteiger charge is -2.39. The lowest BCUT2D eigenvalue weighted by Crippen LogP contribution is -2.52. The Morgan fingerprint density at radius 2 is 1.74 bits per heavy atom. The predicted octanol–water partition coefficient (Wildman–Crippen LogP) is 3.25. The van der Waals surface area contributed by atoms with Crippen molar-refractivity contribution in [1.82, 2.24) is 5.32 Å². The molecule has 2 aromatic rings. The van der Waals surface area contributed by atoms with Gasteiger partial charge in [-0.15, -0.1) is 0 Å². The number of benzene rings is 2. The summed E-state index contributed by atoms with van der Waals surface area (Å²) >= 11 is 0. The Morgan fingerprint density at radius 3 is 2.42 bits per heavy atom. The number of carbonyl (C=O) groups excluding carboxylic acids is 1. The van der Waals surface area contributed by atoms with Crippen LogP contribution in [-0.4, -0.2) is 38.8 Å². The SMILES string of the molecule is Cc1ccc2c(c1)[C@H](NC(=O)[C@@H]1CN(S(C)(=O)=O)c3cc(C)ccc3O1)CC(C)(C)O2. The minimum atomic E-state index is -3.58. The van der Waals surface area contributed by atoms with Gasteiger partial charge < -0.3 is 14.8 Å². The van der Waals surface area contributed by atoms with Crippen molar-refractivity contribution in [2.75, 3.05) is 17.1 Å². The van der Waals surface area contributed by atoms with E-state index in [1.165, 1.54) is 4.31 Å². The highest BCUT2D eigenvalue weighted by molar-refractivity contribution is 7.92. The molecular formula is C23H28N2O5S. The highest BCUT2D eigenvalue weighted by Crippen LogP contribution is 2.40. The smallest absolute Gasteiger partial charge is 0.263 e. The molecule has 0 fully saturated rings. The third kappa shape index (κ3) is 4.35. The fourth-order valence-electron chi connectivity index (χ4n) is 4.18. The summed E-state index contributed by atoms with van der Waals surface area (Å²) in [6, 6.07) is 10.9. The molecule has 1 amide bonds. The molecular weight excluding hydrogens is 416 g/mol. The normalized spacial score (nSPS) is 21.9. The van der Waals surface area contributed by atoms with E-state index in [9.17, 15) is 13.2 Å².